The standard InChI is InChI=1S/C13H17FN2O3/c1-4-11(13(18)19-3)16-9-5-6-10(14)12(7-9)15-8(2)17/h5-7,11,16H,4H2,1-3H3,(H,15,17)/t11-/m0/s1. The van der Waals surface area contributed by atoms with Crippen LogP contribution in [0.25, 0.3) is 0 Å². The second-order valence-electron chi connectivity index (χ2n) is 4.00. The highest BCUT2D eigenvalue weighted by atomic mass is 19.1. The van der Waals surface area contributed by atoms with E-state index in [1.54, 1.807) is 0 Å². The minimum Gasteiger partial charge on any atom is -0.467 e. The number of carbonyl (C=O) groups excluding carboxylic acids is 2. The molecule has 0 aromatic heterocycles. The van der Waals surface area contributed by atoms with E-state index in [9.17, 15) is 14.0 Å². The minimum atomic E-state index is -0.535. The summed E-state index contributed by atoms with van der Waals surface area (Å²) in [6.07, 6.45) is 0.527. The number of nitrogens with one attached hydrogen (secondary N) is 2. The molecule has 0 spiro atoms. The van der Waals surface area contributed by atoms with Crippen molar-refractivity contribution in [1.82, 2.24) is 0 Å². The highest BCUT2D eigenvalue weighted by Gasteiger charge is 2.17. The van der Waals surface area contributed by atoms with Crippen LogP contribution in [-0.4, -0.2) is 25.0 Å². The molecule has 1 aromatic rings. The van der Waals surface area contributed by atoms with E-state index < -0.39 is 17.8 Å². The van der Waals surface area contributed by atoms with Gasteiger partial charge in [-0.05, 0) is 24.6 Å². The van der Waals surface area contributed by atoms with Gasteiger partial charge in [-0.15, -0.1) is 0 Å². The summed E-state index contributed by atoms with van der Waals surface area (Å²) in [5, 5.41) is 5.31. The first-order valence-electron chi connectivity index (χ1n) is 5.89. The van der Waals surface area contributed by atoms with Crippen molar-refractivity contribution in [3.05, 3.63) is 24.0 Å². The lowest BCUT2D eigenvalue weighted by molar-refractivity contribution is -0.141. The Kier molecular flexibility index (Phi) is 5.29. The molecule has 0 unspecified atom stereocenters. The monoisotopic (exact) mass is 268 g/mol. The summed E-state index contributed by atoms with van der Waals surface area (Å²) >= 11 is 0. The molecule has 1 amide bonds. The molecule has 104 valence electrons. The van der Waals surface area contributed by atoms with Crippen molar-refractivity contribution in [3.63, 3.8) is 0 Å². The molecule has 1 rings (SSSR count). The van der Waals surface area contributed by atoms with E-state index in [0.717, 1.165) is 0 Å². The number of ether oxygens (including phenoxy) is 1. The number of rotatable bonds is 5. The highest BCUT2D eigenvalue weighted by molar-refractivity contribution is 5.89. The van der Waals surface area contributed by atoms with E-state index in [-0.39, 0.29) is 11.6 Å². The maximum absolute atomic E-state index is 13.4. The van der Waals surface area contributed by atoms with Gasteiger partial charge in [0.05, 0.1) is 12.8 Å². The number of carbonyl (C=O) groups is 2. The van der Waals surface area contributed by atoms with Crippen molar-refractivity contribution >= 4 is 23.3 Å². The fourth-order valence-electron chi connectivity index (χ4n) is 1.57. The third-order valence-electron chi connectivity index (χ3n) is 2.51. The third kappa shape index (κ3) is 4.24. The average molecular weight is 268 g/mol. The molecule has 0 saturated carbocycles. The predicted molar refractivity (Wildman–Crippen MR) is 70.4 cm³/mol. The number of hydrogen-bond donors (Lipinski definition) is 2. The molecule has 1 atom stereocenters. The Balaban J connectivity index is 2.89. The van der Waals surface area contributed by atoms with Crippen LogP contribution in [0.5, 0.6) is 0 Å². The van der Waals surface area contributed by atoms with E-state index in [1.807, 2.05) is 6.92 Å². The molecule has 6 heteroatoms. The Morgan fingerprint density at radius 3 is 2.63 bits per heavy atom. The van der Waals surface area contributed by atoms with Crippen LogP contribution in [0.1, 0.15) is 20.3 Å². The molecule has 19 heavy (non-hydrogen) atoms. The fourth-order valence-corrected chi connectivity index (χ4v) is 1.57. The molecule has 0 saturated heterocycles. The molecule has 5 nitrogen and oxygen atoms in total. The Hall–Kier alpha value is -2.11. The highest BCUT2D eigenvalue weighted by Crippen LogP contribution is 2.20. The lowest BCUT2D eigenvalue weighted by Gasteiger charge is -2.16. The summed E-state index contributed by atoms with van der Waals surface area (Å²) in [7, 11) is 1.31. The zero-order valence-electron chi connectivity index (χ0n) is 11.1. The van der Waals surface area contributed by atoms with Gasteiger partial charge in [-0.1, -0.05) is 6.92 Å². The van der Waals surface area contributed by atoms with Gasteiger partial charge in [-0.2, -0.15) is 0 Å². The van der Waals surface area contributed by atoms with Crippen molar-refractivity contribution < 1.29 is 18.7 Å². The maximum atomic E-state index is 13.4. The van der Waals surface area contributed by atoms with Crippen molar-refractivity contribution in [3.8, 4) is 0 Å². The second kappa shape index (κ2) is 6.72. The number of anilines is 2. The summed E-state index contributed by atoms with van der Waals surface area (Å²) in [6.45, 7) is 3.12. The molecule has 0 radical (unpaired) electrons. The number of halogens is 1. The van der Waals surface area contributed by atoms with Crippen molar-refractivity contribution in [1.29, 1.82) is 0 Å². The third-order valence-corrected chi connectivity index (χ3v) is 2.51. The molecule has 0 aliphatic rings. The van der Waals surface area contributed by atoms with Crippen LogP contribution in [0.4, 0.5) is 15.8 Å². The number of benzene rings is 1. The van der Waals surface area contributed by atoms with E-state index in [4.69, 9.17) is 0 Å². The first-order valence-corrected chi connectivity index (χ1v) is 5.89. The van der Waals surface area contributed by atoms with Gasteiger partial charge in [0.2, 0.25) is 5.91 Å². The van der Waals surface area contributed by atoms with Gasteiger partial charge >= 0.3 is 5.97 Å². The number of hydrogen-bond acceptors (Lipinski definition) is 4. The molecule has 0 aliphatic carbocycles. The normalized spacial score (nSPS) is 11.6. The zero-order valence-corrected chi connectivity index (χ0v) is 11.1. The van der Waals surface area contributed by atoms with Crippen LogP contribution < -0.4 is 10.6 Å². The average Bonchev–Trinajstić information content (AvgIpc) is 2.38. The Bertz CT molecular complexity index is 477. The predicted octanol–water partition coefficient (Wildman–Crippen LogP) is 2.15. The lowest BCUT2D eigenvalue weighted by Crippen LogP contribution is -2.29. The van der Waals surface area contributed by atoms with Gasteiger partial charge in [0.25, 0.3) is 0 Å². The Labute approximate surface area is 111 Å². The van der Waals surface area contributed by atoms with Crippen LogP contribution in [0.2, 0.25) is 0 Å². The van der Waals surface area contributed by atoms with Crippen LogP contribution >= 0.6 is 0 Å². The topological polar surface area (TPSA) is 67.4 Å². The van der Waals surface area contributed by atoms with Crippen molar-refractivity contribution in [2.24, 2.45) is 0 Å². The van der Waals surface area contributed by atoms with Crippen LogP contribution in [0.15, 0.2) is 18.2 Å². The van der Waals surface area contributed by atoms with Crippen LogP contribution in [-0.2, 0) is 14.3 Å². The number of esters is 1. The smallest absolute Gasteiger partial charge is 0.328 e. The van der Waals surface area contributed by atoms with E-state index in [1.165, 1.54) is 32.2 Å². The van der Waals surface area contributed by atoms with Gasteiger partial charge in [-0.25, -0.2) is 9.18 Å². The lowest BCUT2D eigenvalue weighted by atomic mass is 10.2. The van der Waals surface area contributed by atoms with Crippen LogP contribution in [0, 0.1) is 5.82 Å². The number of methoxy groups -OCH3 is 1. The summed E-state index contributed by atoms with van der Waals surface area (Å²) in [6, 6.07) is 3.63. The van der Waals surface area contributed by atoms with Crippen molar-refractivity contribution in [2.75, 3.05) is 17.7 Å². The van der Waals surface area contributed by atoms with Gasteiger partial charge in [0.1, 0.15) is 11.9 Å². The number of amides is 1. The Morgan fingerprint density at radius 2 is 2.11 bits per heavy atom. The summed E-state index contributed by atoms with van der Waals surface area (Å²) in [4.78, 5) is 22.4. The fraction of sp³-hybridized carbons (Fsp3) is 0.385. The van der Waals surface area contributed by atoms with Gasteiger partial charge < -0.3 is 15.4 Å². The summed E-state index contributed by atoms with van der Waals surface area (Å²) in [5.74, 6) is -1.30. The molecule has 0 bridgehead atoms. The maximum Gasteiger partial charge on any atom is 0.328 e. The van der Waals surface area contributed by atoms with E-state index in [2.05, 4.69) is 15.4 Å². The summed E-state index contributed by atoms with van der Waals surface area (Å²) < 4.78 is 18.1. The largest absolute Gasteiger partial charge is 0.467 e. The van der Waals surface area contributed by atoms with E-state index >= 15 is 0 Å². The van der Waals surface area contributed by atoms with Crippen molar-refractivity contribution in [2.45, 2.75) is 26.3 Å². The molecule has 0 aliphatic heterocycles. The van der Waals surface area contributed by atoms with Gasteiger partial charge in [-0.3, -0.25) is 4.79 Å². The molecule has 0 heterocycles. The minimum absolute atomic E-state index is 0.0669. The molecule has 0 fully saturated rings. The Morgan fingerprint density at radius 1 is 1.42 bits per heavy atom. The zero-order chi connectivity index (χ0) is 14.4. The molecule has 1 aromatic carbocycles. The first-order chi connectivity index (χ1) is 8.97. The second-order valence-corrected chi connectivity index (χ2v) is 4.00. The quantitative estimate of drug-likeness (QED) is 0.803. The van der Waals surface area contributed by atoms with Crippen LogP contribution in [0.3, 0.4) is 0 Å². The molecular weight excluding hydrogens is 251 g/mol. The molecule has 2 N–H and O–H groups in total. The van der Waals surface area contributed by atoms with Gasteiger partial charge in [0.15, 0.2) is 0 Å². The molecular formula is C13H17FN2O3. The van der Waals surface area contributed by atoms with Gasteiger partial charge in [0, 0.05) is 12.6 Å². The first kappa shape index (κ1) is 14.9. The summed E-state index contributed by atoms with van der Waals surface area (Å²) in [5.41, 5.74) is 0.597. The SMILES string of the molecule is CC[C@H](Nc1ccc(F)c(NC(C)=O)c1)C(=O)OC. The van der Waals surface area contributed by atoms with E-state index in [0.29, 0.717) is 12.1 Å².